The quantitative estimate of drug-likeness (QED) is 0.783. The Bertz CT molecular complexity index is 706. The van der Waals surface area contributed by atoms with E-state index in [4.69, 9.17) is 0 Å². The van der Waals surface area contributed by atoms with Gasteiger partial charge in [0.25, 0.3) is 0 Å². The van der Waals surface area contributed by atoms with Gasteiger partial charge in [0.15, 0.2) is 5.78 Å². The number of Topliss-reactive ketones (excluding diaryl/α,β-unsaturated/α-hetero) is 1. The fourth-order valence-corrected chi connectivity index (χ4v) is 2.27. The minimum atomic E-state index is -1.13. The van der Waals surface area contributed by atoms with Crippen LogP contribution >= 0.6 is 15.9 Å². The molecule has 0 aliphatic heterocycles. The Labute approximate surface area is 125 Å². The number of ketones is 1. The van der Waals surface area contributed by atoms with Crippen molar-refractivity contribution in [1.82, 2.24) is 0 Å². The number of halogens is 2. The van der Waals surface area contributed by atoms with E-state index in [0.717, 1.165) is 10.0 Å². The van der Waals surface area contributed by atoms with Gasteiger partial charge < -0.3 is 0 Å². The first kappa shape index (κ1) is 14.4. The second-order valence-electron chi connectivity index (χ2n) is 4.41. The van der Waals surface area contributed by atoms with Crippen molar-refractivity contribution in [3.8, 4) is 6.07 Å². The summed E-state index contributed by atoms with van der Waals surface area (Å²) in [7, 11) is 0. The van der Waals surface area contributed by atoms with E-state index in [1.54, 1.807) is 24.3 Å². The van der Waals surface area contributed by atoms with Crippen LogP contribution < -0.4 is 0 Å². The van der Waals surface area contributed by atoms with Gasteiger partial charge in [0.2, 0.25) is 0 Å². The highest BCUT2D eigenvalue weighted by atomic mass is 79.9. The molecule has 20 heavy (non-hydrogen) atoms. The molecule has 1 atom stereocenters. The molecule has 0 spiro atoms. The number of carbonyl (C=O) groups excluding carboxylic acids is 1. The summed E-state index contributed by atoms with van der Waals surface area (Å²) in [5.74, 6) is -2.08. The zero-order valence-corrected chi connectivity index (χ0v) is 12.3. The molecule has 100 valence electrons. The number of hydrogen-bond acceptors (Lipinski definition) is 2. The van der Waals surface area contributed by atoms with E-state index in [-0.39, 0.29) is 5.56 Å². The van der Waals surface area contributed by atoms with Crippen LogP contribution in [0.15, 0.2) is 46.9 Å². The Morgan fingerprint density at radius 3 is 2.60 bits per heavy atom. The number of rotatable bonds is 3. The van der Waals surface area contributed by atoms with Crippen molar-refractivity contribution in [2.75, 3.05) is 0 Å². The maximum Gasteiger partial charge on any atom is 0.184 e. The minimum absolute atomic E-state index is 0.108. The van der Waals surface area contributed by atoms with Crippen molar-refractivity contribution in [1.29, 1.82) is 5.26 Å². The largest absolute Gasteiger partial charge is 0.292 e. The van der Waals surface area contributed by atoms with Crippen molar-refractivity contribution < 1.29 is 9.18 Å². The topological polar surface area (TPSA) is 40.9 Å². The molecule has 2 aromatic carbocycles. The van der Waals surface area contributed by atoms with Gasteiger partial charge in [0.05, 0.1) is 6.07 Å². The van der Waals surface area contributed by atoms with Gasteiger partial charge in [0.1, 0.15) is 11.7 Å². The molecular formula is C16H11BrFNO. The molecule has 0 saturated heterocycles. The molecule has 1 unspecified atom stereocenters. The van der Waals surface area contributed by atoms with Crippen LogP contribution in [0.5, 0.6) is 0 Å². The normalized spacial score (nSPS) is 11.7. The van der Waals surface area contributed by atoms with Crippen molar-refractivity contribution in [2.24, 2.45) is 0 Å². The summed E-state index contributed by atoms with van der Waals surface area (Å²) in [5.41, 5.74) is 1.48. The molecule has 0 saturated carbocycles. The van der Waals surface area contributed by atoms with Crippen LogP contribution in [0.1, 0.15) is 27.4 Å². The van der Waals surface area contributed by atoms with Gasteiger partial charge >= 0.3 is 0 Å². The molecule has 0 aromatic heterocycles. The Morgan fingerprint density at radius 2 is 2.00 bits per heavy atom. The Morgan fingerprint density at radius 1 is 1.30 bits per heavy atom. The molecule has 2 rings (SSSR count). The summed E-state index contributed by atoms with van der Waals surface area (Å²) < 4.78 is 14.5. The lowest BCUT2D eigenvalue weighted by molar-refractivity contribution is 0.0977. The highest BCUT2D eigenvalue weighted by Crippen LogP contribution is 2.25. The molecule has 4 heteroatoms. The molecule has 0 heterocycles. The predicted molar refractivity (Wildman–Crippen MR) is 78.0 cm³/mol. The fourth-order valence-electron chi connectivity index (χ4n) is 1.89. The zero-order valence-electron chi connectivity index (χ0n) is 10.7. The number of benzene rings is 2. The van der Waals surface area contributed by atoms with E-state index in [9.17, 15) is 14.4 Å². The van der Waals surface area contributed by atoms with Crippen molar-refractivity contribution in [2.45, 2.75) is 12.8 Å². The van der Waals surface area contributed by atoms with Crippen LogP contribution in [-0.4, -0.2) is 5.78 Å². The van der Waals surface area contributed by atoms with E-state index in [2.05, 4.69) is 15.9 Å². The third kappa shape index (κ3) is 2.78. The third-order valence-corrected chi connectivity index (χ3v) is 3.92. The molecule has 0 aliphatic carbocycles. The molecule has 0 bridgehead atoms. The summed E-state index contributed by atoms with van der Waals surface area (Å²) in [4.78, 5) is 12.4. The number of nitrogens with zero attached hydrogens (tertiary/aromatic N) is 1. The Balaban J connectivity index is 2.42. The van der Waals surface area contributed by atoms with Crippen molar-refractivity contribution in [3.63, 3.8) is 0 Å². The lowest BCUT2D eigenvalue weighted by atomic mass is 9.91. The van der Waals surface area contributed by atoms with Gasteiger partial charge in [-0.3, -0.25) is 4.79 Å². The van der Waals surface area contributed by atoms with E-state index in [1.807, 2.05) is 13.0 Å². The van der Waals surface area contributed by atoms with E-state index in [1.165, 1.54) is 18.2 Å². The van der Waals surface area contributed by atoms with E-state index >= 15 is 0 Å². The Kier molecular flexibility index (Phi) is 4.31. The molecule has 0 aliphatic rings. The minimum Gasteiger partial charge on any atom is -0.292 e. The molecule has 2 nitrogen and oxygen atoms in total. The van der Waals surface area contributed by atoms with Crippen LogP contribution in [0.4, 0.5) is 4.39 Å². The van der Waals surface area contributed by atoms with Crippen molar-refractivity contribution in [3.05, 3.63) is 69.4 Å². The smallest absolute Gasteiger partial charge is 0.184 e. The molecule has 2 aromatic rings. The molecule has 0 N–H and O–H groups in total. The second kappa shape index (κ2) is 5.98. The number of hydrogen-bond donors (Lipinski definition) is 0. The molecular weight excluding hydrogens is 321 g/mol. The van der Waals surface area contributed by atoms with Crippen LogP contribution in [0.2, 0.25) is 0 Å². The number of carbonyl (C=O) groups is 1. The summed E-state index contributed by atoms with van der Waals surface area (Å²) in [5, 5.41) is 9.21. The van der Waals surface area contributed by atoms with Gasteiger partial charge in [0, 0.05) is 15.6 Å². The number of aryl methyl sites for hydroxylation is 1. The lowest BCUT2D eigenvalue weighted by Gasteiger charge is -2.10. The van der Waals surface area contributed by atoms with Crippen LogP contribution in [0.25, 0.3) is 0 Å². The van der Waals surface area contributed by atoms with Gasteiger partial charge in [-0.15, -0.1) is 0 Å². The lowest BCUT2D eigenvalue weighted by Crippen LogP contribution is -2.13. The third-order valence-electron chi connectivity index (χ3n) is 3.06. The molecule has 0 fully saturated rings. The fraction of sp³-hybridized carbons (Fsp3) is 0.125. The zero-order chi connectivity index (χ0) is 14.7. The maximum atomic E-state index is 13.7. The predicted octanol–water partition coefficient (Wildman–Crippen LogP) is 4.39. The van der Waals surface area contributed by atoms with E-state index in [0.29, 0.717) is 5.56 Å². The average molecular weight is 332 g/mol. The highest BCUT2D eigenvalue weighted by molar-refractivity contribution is 9.10. The van der Waals surface area contributed by atoms with Crippen LogP contribution in [0, 0.1) is 24.1 Å². The first-order valence-corrected chi connectivity index (χ1v) is 6.78. The summed E-state index contributed by atoms with van der Waals surface area (Å²) in [6.45, 7) is 1.90. The first-order chi connectivity index (χ1) is 9.54. The molecule has 0 amide bonds. The van der Waals surface area contributed by atoms with Gasteiger partial charge in [-0.1, -0.05) is 46.3 Å². The monoisotopic (exact) mass is 331 g/mol. The standard InChI is InChI=1S/C16H11BrFNO/c1-10-6-7-11(8-14(10)17)16(20)13(9-19)12-4-2-3-5-15(12)18/h2-8,13H,1H3. The SMILES string of the molecule is Cc1ccc(C(=O)C(C#N)c2ccccc2F)cc1Br. The summed E-state index contributed by atoms with van der Waals surface area (Å²) in [6.07, 6.45) is 0. The maximum absolute atomic E-state index is 13.7. The van der Waals surface area contributed by atoms with Crippen LogP contribution in [0.3, 0.4) is 0 Å². The summed E-state index contributed by atoms with van der Waals surface area (Å²) >= 11 is 3.35. The van der Waals surface area contributed by atoms with Gasteiger partial charge in [-0.25, -0.2) is 4.39 Å². The average Bonchev–Trinajstić information content (AvgIpc) is 2.44. The highest BCUT2D eigenvalue weighted by Gasteiger charge is 2.24. The van der Waals surface area contributed by atoms with Crippen molar-refractivity contribution >= 4 is 21.7 Å². The Hall–Kier alpha value is -1.99. The molecule has 0 radical (unpaired) electrons. The van der Waals surface area contributed by atoms with E-state index < -0.39 is 17.5 Å². The second-order valence-corrected chi connectivity index (χ2v) is 5.27. The van der Waals surface area contributed by atoms with Crippen LogP contribution in [-0.2, 0) is 0 Å². The van der Waals surface area contributed by atoms with Gasteiger partial charge in [-0.05, 0) is 24.6 Å². The summed E-state index contributed by atoms with van der Waals surface area (Å²) in [6, 6.07) is 12.8. The number of nitriles is 1. The van der Waals surface area contributed by atoms with Gasteiger partial charge in [-0.2, -0.15) is 5.26 Å². The first-order valence-electron chi connectivity index (χ1n) is 5.99.